The van der Waals surface area contributed by atoms with E-state index < -0.39 is 5.13 Å². The van der Waals surface area contributed by atoms with Crippen LogP contribution in [0.3, 0.4) is 0 Å². The number of hydrogen-bond donors (Lipinski definition) is 0. The summed E-state index contributed by atoms with van der Waals surface area (Å²) in [5.74, 6) is 0. The Balaban J connectivity index is 2.31. The summed E-state index contributed by atoms with van der Waals surface area (Å²) in [7, 11) is 0. The minimum Gasteiger partial charge on any atom is -0.372 e. The van der Waals surface area contributed by atoms with Crippen LogP contribution in [0.15, 0.2) is 0 Å². The van der Waals surface area contributed by atoms with Crippen molar-refractivity contribution in [3.05, 3.63) is 0 Å². The lowest BCUT2D eigenvalue weighted by atomic mass is 10.3. The van der Waals surface area contributed by atoms with Crippen molar-refractivity contribution < 1.29 is 9.13 Å². The van der Waals surface area contributed by atoms with Crippen molar-refractivity contribution in [3.63, 3.8) is 0 Å². The second-order valence-electron chi connectivity index (χ2n) is 1.35. The summed E-state index contributed by atoms with van der Waals surface area (Å²) in [4.78, 5) is 0. The molecule has 6 heavy (non-hydrogen) atoms. The molecule has 1 nitrogen and oxygen atoms in total. The third-order valence-electron chi connectivity index (χ3n) is 0.626. The Labute approximate surface area is 40.0 Å². The van der Waals surface area contributed by atoms with Crippen LogP contribution in [-0.4, -0.2) is 18.3 Å². The zero-order chi connectivity index (χ0) is 4.62. The first-order valence-electron chi connectivity index (χ1n) is 1.66. The quantitative estimate of drug-likeness (QED) is 0.422. The number of alkyl halides is 2. The van der Waals surface area contributed by atoms with Crippen molar-refractivity contribution >= 4 is 11.6 Å². The second-order valence-corrected chi connectivity index (χ2v) is 2.03. The van der Waals surface area contributed by atoms with Crippen LogP contribution in [0.1, 0.15) is 0 Å². The third kappa shape index (κ3) is 0.632. The molecule has 0 radical (unpaired) electrons. The average Bonchev–Trinajstić information content (AvgIpc) is 1.32. The molecule has 0 bridgehead atoms. The van der Waals surface area contributed by atoms with Crippen molar-refractivity contribution in [1.29, 1.82) is 0 Å². The van der Waals surface area contributed by atoms with Gasteiger partial charge in [-0.2, -0.15) is 0 Å². The summed E-state index contributed by atoms with van der Waals surface area (Å²) in [6.45, 7) is 0.100. The van der Waals surface area contributed by atoms with Crippen LogP contribution in [-0.2, 0) is 4.74 Å². The van der Waals surface area contributed by atoms with Crippen molar-refractivity contribution in [2.45, 2.75) is 5.13 Å². The second kappa shape index (κ2) is 1.07. The number of halogens is 2. The summed E-state index contributed by atoms with van der Waals surface area (Å²) < 4.78 is 16.3. The van der Waals surface area contributed by atoms with Crippen LogP contribution in [0.4, 0.5) is 4.39 Å². The van der Waals surface area contributed by atoms with Gasteiger partial charge in [-0.1, -0.05) is 11.6 Å². The van der Waals surface area contributed by atoms with Crippen LogP contribution >= 0.6 is 11.6 Å². The Morgan fingerprint density at radius 1 is 1.67 bits per heavy atom. The lowest BCUT2D eigenvalue weighted by molar-refractivity contribution is -0.0775. The van der Waals surface area contributed by atoms with Gasteiger partial charge in [-0.05, 0) is 0 Å². The number of rotatable bonds is 0. The van der Waals surface area contributed by atoms with Gasteiger partial charge in [0.1, 0.15) is 0 Å². The predicted molar refractivity (Wildman–Crippen MR) is 20.5 cm³/mol. The third-order valence-corrected chi connectivity index (χ3v) is 0.845. The van der Waals surface area contributed by atoms with Crippen LogP contribution in [0.2, 0.25) is 0 Å². The van der Waals surface area contributed by atoms with Gasteiger partial charge in [0.05, 0.1) is 13.2 Å². The lowest BCUT2D eigenvalue weighted by Gasteiger charge is -2.26. The Kier molecular flexibility index (Phi) is 0.777. The lowest BCUT2D eigenvalue weighted by Crippen LogP contribution is -2.39. The number of ether oxygens (including phenoxy) is 1. The summed E-state index contributed by atoms with van der Waals surface area (Å²) >= 11 is 5.01. The van der Waals surface area contributed by atoms with E-state index in [2.05, 4.69) is 4.74 Å². The molecule has 0 aromatic carbocycles. The largest absolute Gasteiger partial charge is 0.372 e. The molecule has 0 atom stereocenters. The maximum Gasteiger partial charge on any atom is 0.229 e. The molecule has 1 rings (SSSR count). The number of hydrogen-bond acceptors (Lipinski definition) is 1. The molecule has 36 valence electrons. The molecule has 1 aliphatic rings. The van der Waals surface area contributed by atoms with E-state index in [9.17, 15) is 4.39 Å². The average molecular weight is 111 g/mol. The van der Waals surface area contributed by atoms with E-state index in [0.29, 0.717) is 0 Å². The fourth-order valence-electron chi connectivity index (χ4n) is 0.256. The van der Waals surface area contributed by atoms with E-state index in [4.69, 9.17) is 11.6 Å². The fraction of sp³-hybridized carbons (Fsp3) is 1.00. The maximum atomic E-state index is 11.8. The van der Waals surface area contributed by atoms with Crippen molar-refractivity contribution in [2.24, 2.45) is 0 Å². The molecule has 0 spiro atoms. The molecule has 1 saturated heterocycles. The molecule has 0 N–H and O–H groups in total. The predicted octanol–water partition coefficient (Wildman–Crippen LogP) is 0.921. The zero-order valence-corrected chi connectivity index (χ0v) is 3.83. The Bertz CT molecular complexity index is 57.8. The molecule has 1 fully saturated rings. The highest BCUT2D eigenvalue weighted by Gasteiger charge is 2.35. The van der Waals surface area contributed by atoms with Gasteiger partial charge < -0.3 is 4.74 Å². The zero-order valence-electron chi connectivity index (χ0n) is 3.08. The highest BCUT2D eigenvalue weighted by atomic mass is 35.5. The Hall–Kier alpha value is 0.180. The SMILES string of the molecule is FC1(Cl)COC1. The van der Waals surface area contributed by atoms with Gasteiger partial charge in [0, 0.05) is 0 Å². The molecule has 0 aromatic heterocycles. The highest BCUT2D eigenvalue weighted by molar-refractivity contribution is 6.23. The van der Waals surface area contributed by atoms with Crippen LogP contribution in [0, 0.1) is 0 Å². The smallest absolute Gasteiger partial charge is 0.229 e. The fourth-order valence-corrected chi connectivity index (χ4v) is 0.411. The van der Waals surface area contributed by atoms with Gasteiger partial charge >= 0.3 is 0 Å². The van der Waals surface area contributed by atoms with Gasteiger partial charge in [0.25, 0.3) is 0 Å². The summed E-state index contributed by atoms with van der Waals surface area (Å²) in [6.07, 6.45) is 0. The first kappa shape index (κ1) is 4.34. The van der Waals surface area contributed by atoms with E-state index in [-0.39, 0.29) is 13.2 Å². The van der Waals surface area contributed by atoms with Gasteiger partial charge in [-0.25, -0.2) is 4.39 Å². The normalized spacial score (nSPS) is 29.0. The summed E-state index contributed by atoms with van der Waals surface area (Å²) in [6, 6.07) is 0. The van der Waals surface area contributed by atoms with Gasteiger partial charge in [-0.3, -0.25) is 0 Å². The molecule has 0 amide bonds. The maximum absolute atomic E-state index is 11.8. The van der Waals surface area contributed by atoms with Crippen LogP contribution in [0.5, 0.6) is 0 Å². The molecule has 3 heteroatoms. The van der Waals surface area contributed by atoms with E-state index in [1.165, 1.54) is 0 Å². The van der Waals surface area contributed by atoms with Gasteiger partial charge in [0.2, 0.25) is 5.13 Å². The minimum absolute atomic E-state index is 0.0502. The van der Waals surface area contributed by atoms with E-state index in [0.717, 1.165) is 0 Å². The summed E-state index contributed by atoms with van der Waals surface area (Å²) in [5.41, 5.74) is 0. The van der Waals surface area contributed by atoms with E-state index in [1.807, 2.05) is 0 Å². The molecule has 1 heterocycles. The van der Waals surface area contributed by atoms with Crippen molar-refractivity contribution in [2.75, 3.05) is 13.2 Å². The standard InChI is InChI=1S/C3H4ClFO/c4-3(5)1-6-2-3/h1-2H2. The molecular formula is C3H4ClFO. The van der Waals surface area contributed by atoms with E-state index >= 15 is 0 Å². The van der Waals surface area contributed by atoms with Gasteiger partial charge in [-0.15, -0.1) is 0 Å². The van der Waals surface area contributed by atoms with Crippen LogP contribution in [0.25, 0.3) is 0 Å². The topological polar surface area (TPSA) is 9.23 Å². The monoisotopic (exact) mass is 110 g/mol. The molecular weight excluding hydrogens is 106 g/mol. The van der Waals surface area contributed by atoms with Crippen molar-refractivity contribution in [3.8, 4) is 0 Å². The Morgan fingerprint density at radius 3 is 2.00 bits per heavy atom. The van der Waals surface area contributed by atoms with Crippen LogP contribution < -0.4 is 0 Å². The highest BCUT2D eigenvalue weighted by Crippen LogP contribution is 2.25. The molecule has 1 aliphatic heterocycles. The summed E-state index contributed by atoms with van der Waals surface area (Å²) in [5, 5.41) is -1.53. The first-order valence-corrected chi connectivity index (χ1v) is 2.04. The molecule has 0 saturated carbocycles. The minimum atomic E-state index is -1.53. The molecule has 0 aromatic rings. The molecule has 0 unspecified atom stereocenters. The van der Waals surface area contributed by atoms with Crippen molar-refractivity contribution in [1.82, 2.24) is 0 Å². The first-order chi connectivity index (χ1) is 2.71. The Morgan fingerprint density at radius 2 is 2.00 bits per heavy atom. The molecule has 0 aliphatic carbocycles. The van der Waals surface area contributed by atoms with Gasteiger partial charge in [0.15, 0.2) is 0 Å². The van der Waals surface area contributed by atoms with E-state index in [1.54, 1.807) is 0 Å².